The minimum absolute atomic E-state index is 0.0846. The van der Waals surface area contributed by atoms with E-state index in [1.54, 1.807) is 12.4 Å². The molecule has 4 heteroatoms. The quantitative estimate of drug-likeness (QED) is 0.788. The van der Waals surface area contributed by atoms with Gasteiger partial charge in [-0.25, -0.2) is 0 Å². The summed E-state index contributed by atoms with van der Waals surface area (Å²) in [5.74, 6) is -0.0846. The van der Waals surface area contributed by atoms with Gasteiger partial charge in [-0.05, 0) is 32.4 Å². The van der Waals surface area contributed by atoms with E-state index >= 15 is 0 Å². The number of amides is 1. The van der Waals surface area contributed by atoms with Crippen molar-refractivity contribution >= 4 is 11.6 Å². The molecule has 0 saturated heterocycles. The average Bonchev–Trinajstić information content (AvgIpc) is 2.05. The van der Waals surface area contributed by atoms with Gasteiger partial charge in [0.15, 0.2) is 0 Å². The molecule has 0 aromatic carbocycles. The van der Waals surface area contributed by atoms with E-state index in [1.807, 2.05) is 26.8 Å². The number of carbonyl (C=O) groups excluding carboxylic acids is 1. The molecule has 0 fully saturated rings. The maximum atomic E-state index is 11.6. The van der Waals surface area contributed by atoms with Gasteiger partial charge in [0.1, 0.15) is 0 Å². The first-order chi connectivity index (χ1) is 6.88. The molecule has 0 radical (unpaired) electrons. The highest BCUT2D eigenvalue weighted by Gasteiger charge is 2.16. The van der Waals surface area contributed by atoms with Crippen LogP contribution in [-0.2, 0) is 4.79 Å². The van der Waals surface area contributed by atoms with Crippen LogP contribution in [0.15, 0.2) is 18.5 Å². The Labute approximate surface area is 89.9 Å². The lowest BCUT2D eigenvalue weighted by molar-refractivity contribution is -0.117. The summed E-state index contributed by atoms with van der Waals surface area (Å²) in [7, 11) is 0. The number of hydrogen-bond donors (Lipinski definition) is 2. The zero-order valence-electron chi connectivity index (χ0n) is 9.37. The highest BCUT2D eigenvalue weighted by atomic mass is 16.1. The van der Waals surface area contributed by atoms with E-state index in [-0.39, 0.29) is 5.91 Å². The van der Waals surface area contributed by atoms with Crippen LogP contribution in [-0.4, -0.2) is 16.4 Å². The number of aryl methyl sites for hydroxylation is 1. The molecule has 3 N–H and O–H groups in total. The maximum absolute atomic E-state index is 11.6. The summed E-state index contributed by atoms with van der Waals surface area (Å²) in [5, 5.41) is 2.79. The second-order valence-corrected chi connectivity index (χ2v) is 4.40. The van der Waals surface area contributed by atoms with Crippen LogP contribution in [0.5, 0.6) is 0 Å². The Kier molecular flexibility index (Phi) is 3.42. The predicted octanol–water partition coefficient (Wildman–Crippen LogP) is 1.46. The zero-order valence-corrected chi connectivity index (χ0v) is 9.37. The number of carbonyl (C=O) groups is 1. The van der Waals surface area contributed by atoms with Gasteiger partial charge in [-0.3, -0.25) is 9.78 Å². The van der Waals surface area contributed by atoms with Gasteiger partial charge in [0.05, 0.1) is 11.9 Å². The van der Waals surface area contributed by atoms with Gasteiger partial charge in [-0.1, -0.05) is 0 Å². The lowest BCUT2D eigenvalue weighted by atomic mass is 10.0. The smallest absolute Gasteiger partial charge is 0.226 e. The Bertz CT molecular complexity index is 355. The third-order valence-corrected chi connectivity index (χ3v) is 1.93. The summed E-state index contributed by atoms with van der Waals surface area (Å²) in [4.78, 5) is 15.5. The zero-order chi connectivity index (χ0) is 11.5. The normalized spacial score (nSPS) is 11.2. The summed E-state index contributed by atoms with van der Waals surface area (Å²) < 4.78 is 0. The van der Waals surface area contributed by atoms with Gasteiger partial charge in [0.25, 0.3) is 0 Å². The van der Waals surface area contributed by atoms with Crippen molar-refractivity contribution in [3.63, 3.8) is 0 Å². The lowest BCUT2D eigenvalue weighted by Crippen LogP contribution is -2.36. The van der Waals surface area contributed by atoms with E-state index in [4.69, 9.17) is 5.73 Å². The van der Waals surface area contributed by atoms with E-state index < -0.39 is 5.54 Å². The number of pyridine rings is 1. The molecule has 82 valence electrons. The van der Waals surface area contributed by atoms with Gasteiger partial charge in [0.2, 0.25) is 5.91 Å². The monoisotopic (exact) mass is 207 g/mol. The van der Waals surface area contributed by atoms with Crippen LogP contribution in [0.2, 0.25) is 0 Å². The van der Waals surface area contributed by atoms with Crippen LogP contribution in [0.3, 0.4) is 0 Å². The van der Waals surface area contributed by atoms with Crippen molar-refractivity contribution in [1.82, 2.24) is 4.98 Å². The number of aromatic nitrogens is 1. The molecule has 1 rings (SSSR count). The Morgan fingerprint density at radius 1 is 1.60 bits per heavy atom. The summed E-state index contributed by atoms with van der Waals surface area (Å²) in [5.41, 5.74) is 7.00. The maximum Gasteiger partial charge on any atom is 0.226 e. The first kappa shape index (κ1) is 11.7. The highest BCUT2D eigenvalue weighted by Crippen LogP contribution is 2.13. The lowest BCUT2D eigenvalue weighted by Gasteiger charge is -2.17. The molecule has 15 heavy (non-hydrogen) atoms. The van der Waals surface area contributed by atoms with Crippen molar-refractivity contribution in [2.75, 3.05) is 5.32 Å². The minimum atomic E-state index is -0.486. The number of hydrogen-bond acceptors (Lipinski definition) is 3. The largest absolute Gasteiger partial charge is 0.325 e. The fraction of sp³-hybridized carbons (Fsp3) is 0.455. The highest BCUT2D eigenvalue weighted by molar-refractivity contribution is 5.91. The Balaban J connectivity index is 2.64. The van der Waals surface area contributed by atoms with E-state index in [1.165, 1.54) is 0 Å². The van der Waals surface area contributed by atoms with Crippen molar-refractivity contribution in [3.8, 4) is 0 Å². The van der Waals surface area contributed by atoms with Crippen LogP contribution in [0.4, 0.5) is 5.69 Å². The van der Waals surface area contributed by atoms with Crippen LogP contribution < -0.4 is 11.1 Å². The summed E-state index contributed by atoms with van der Waals surface area (Å²) in [6, 6.07) is 1.85. The fourth-order valence-corrected chi connectivity index (χ4v) is 1.20. The van der Waals surface area contributed by atoms with Crippen LogP contribution in [0.1, 0.15) is 25.8 Å². The van der Waals surface area contributed by atoms with Crippen LogP contribution in [0, 0.1) is 6.92 Å². The molecule has 0 aliphatic rings. The van der Waals surface area contributed by atoms with E-state index in [9.17, 15) is 4.79 Å². The van der Waals surface area contributed by atoms with Crippen LogP contribution >= 0.6 is 0 Å². The average molecular weight is 207 g/mol. The fourth-order valence-electron chi connectivity index (χ4n) is 1.20. The van der Waals surface area contributed by atoms with E-state index in [0.717, 1.165) is 11.3 Å². The van der Waals surface area contributed by atoms with Crippen molar-refractivity contribution in [2.45, 2.75) is 32.7 Å². The molecule has 0 atom stereocenters. The number of nitrogens with zero attached hydrogens (tertiary/aromatic N) is 1. The van der Waals surface area contributed by atoms with Gasteiger partial charge >= 0.3 is 0 Å². The third-order valence-electron chi connectivity index (χ3n) is 1.93. The molecule has 0 unspecified atom stereocenters. The molecule has 0 aliphatic heterocycles. The Morgan fingerprint density at radius 3 is 2.80 bits per heavy atom. The minimum Gasteiger partial charge on any atom is -0.325 e. The van der Waals surface area contributed by atoms with E-state index in [0.29, 0.717) is 6.42 Å². The Hall–Kier alpha value is -1.42. The summed E-state index contributed by atoms with van der Waals surface area (Å²) in [6.07, 6.45) is 3.62. The van der Waals surface area contributed by atoms with Crippen molar-refractivity contribution in [3.05, 3.63) is 24.0 Å². The molecule has 0 aliphatic carbocycles. The molecule has 1 heterocycles. The van der Waals surface area contributed by atoms with E-state index in [2.05, 4.69) is 10.3 Å². The molecule has 0 bridgehead atoms. The van der Waals surface area contributed by atoms with Gasteiger partial charge in [0, 0.05) is 18.2 Å². The standard InChI is InChI=1S/C11H17N3O/c1-8-4-5-13-7-9(8)14-10(15)6-11(2,3)12/h4-5,7H,6,12H2,1-3H3,(H,14,15). The SMILES string of the molecule is Cc1ccncc1NC(=O)CC(C)(C)N. The summed E-state index contributed by atoms with van der Waals surface area (Å²) >= 11 is 0. The number of anilines is 1. The number of rotatable bonds is 3. The first-order valence-electron chi connectivity index (χ1n) is 4.88. The second kappa shape index (κ2) is 4.40. The van der Waals surface area contributed by atoms with Crippen molar-refractivity contribution in [1.29, 1.82) is 0 Å². The van der Waals surface area contributed by atoms with Crippen molar-refractivity contribution < 1.29 is 4.79 Å². The first-order valence-corrected chi connectivity index (χ1v) is 4.88. The number of nitrogens with two attached hydrogens (primary N) is 1. The molecular formula is C11H17N3O. The number of nitrogens with one attached hydrogen (secondary N) is 1. The predicted molar refractivity (Wildman–Crippen MR) is 60.5 cm³/mol. The molecular weight excluding hydrogens is 190 g/mol. The molecule has 0 spiro atoms. The second-order valence-electron chi connectivity index (χ2n) is 4.40. The van der Waals surface area contributed by atoms with Gasteiger partial charge in [-0.2, -0.15) is 0 Å². The molecule has 0 saturated carbocycles. The summed E-state index contributed by atoms with van der Waals surface area (Å²) in [6.45, 7) is 5.57. The molecule has 1 aromatic rings. The topological polar surface area (TPSA) is 68.0 Å². The van der Waals surface area contributed by atoms with Gasteiger partial charge in [-0.15, -0.1) is 0 Å². The van der Waals surface area contributed by atoms with Crippen LogP contribution in [0.25, 0.3) is 0 Å². The van der Waals surface area contributed by atoms with Crippen molar-refractivity contribution in [2.24, 2.45) is 5.73 Å². The molecule has 1 aromatic heterocycles. The van der Waals surface area contributed by atoms with Gasteiger partial charge < -0.3 is 11.1 Å². The molecule has 4 nitrogen and oxygen atoms in total. The third kappa shape index (κ3) is 4.08. The Morgan fingerprint density at radius 2 is 2.27 bits per heavy atom. The molecule has 1 amide bonds.